The van der Waals surface area contributed by atoms with Gasteiger partial charge in [-0.25, -0.2) is 18.0 Å². The summed E-state index contributed by atoms with van der Waals surface area (Å²) in [5, 5.41) is 21.2. The zero-order valence-electron chi connectivity index (χ0n) is 23.3. The van der Waals surface area contributed by atoms with Gasteiger partial charge in [-0.3, -0.25) is 19.1 Å². The summed E-state index contributed by atoms with van der Waals surface area (Å²) in [5.41, 5.74) is -1.34. The monoisotopic (exact) mass is 671 g/mol. The Hall–Kier alpha value is -2.95. The number of ketones is 1. The lowest BCUT2D eigenvalue weighted by molar-refractivity contribution is -0.149. The fraction of sp³-hybridized carbons (Fsp3) is 0.481. The molecule has 2 unspecified atom stereocenters. The van der Waals surface area contributed by atoms with E-state index in [1.807, 2.05) is 13.8 Å². The van der Waals surface area contributed by atoms with Crippen LogP contribution in [0, 0.1) is 0 Å². The summed E-state index contributed by atoms with van der Waals surface area (Å²) in [7, 11) is -3.75. The van der Waals surface area contributed by atoms with Crippen molar-refractivity contribution in [1.82, 2.24) is 13.9 Å². The molecule has 3 N–H and O–H groups in total. The molecule has 0 aliphatic carbocycles. The Morgan fingerprint density at radius 3 is 2.40 bits per heavy atom. The number of carbonyl (C=O) groups is 2. The minimum absolute atomic E-state index is 0.0105. The van der Waals surface area contributed by atoms with Crippen molar-refractivity contribution in [3.05, 3.63) is 67.4 Å². The molecule has 42 heavy (non-hydrogen) atoms. The van der Waals surface area contributed by atoms with Gasteiger partial charge in [0, 0.05) is 25.7 Å². The summed E-state index contributed by atoms with van der Waals surface area (Å²) < 4.78 is 39.1. The number of aliphatic hydroxyl groups is 2. The first kappa shape index (κ1) is 33.6. The van der Waals surface area contributed by atoms with Crippen molar-refractivity contribution in [3.8, 4) is 0 Å². The third-order valence-electron chi connectivity index (χ3n) is 6.65. The molecule has 1 aliphatic rings. The predicted octanol–water partition coefficient (Wildman–Crippen LogP) is 1.54. The van der Waals surface area contributed by atoms with Crippen LogP contribution in [-0.4, -0.2) is 81.7 Å². The molecule has 0 saturated carbocycles. The number of benzene rings is 1. The van der Waals surface area contributed by atoms with Crippen molar-refractivity contribution in [1.29, 1.82) is 0 Å². The van der Waals surface area contributed by atoms with Gasteiger partial charge in [0.2, 0.25) is 15.8 Å². The Balaban J connectivity index is 1.67. The SMILES string of the molecule is CCCN(CCC)S(=O)(=O)c1ccc(C(=O)OC(C)C(=O)C(O)[C@H]2O[C@@H](n3cc(/C=C/Br)c(=O)[nH]c3=O)C[C@@H]2O)cc1. The molecule has 1 aromatic heterocycles. The maximum atomic E-state index is 12.9. The van der Waals surface area contributed by atoms with E-state index in [4.69, 9.17) is 9.47 Å². The van der Waals surface area contributed by atoms with E-state index in [-0.39, 0.29) is 22.4 Å². The number of halogens is 1. The Morgan fingerprint density at radius 1 is 1.21 bits per heavy atom. The highest BCUT2D eigenvalue weighted by molar-refractivity contribution is 9.11. The molecule has 15 heteroatoms. The summed E-state index contributed by atoms with van der Waals surface area (Å²) in [6, 6.07) is 5.11. The second-order valence-corrected chi connectivity index (χ2v) is 12.2. The van der Waals surface area contributed by atoms with Gasteiger partial charge in [-0.2, -0.15) is 4.31 Å². The maximum absolute atomic E-state index is 12.9. The molecule has 5 atom stereocenters. The molecule has 13 nitrogen and oxygen atoms in total. The number of aromatic amines is 1. The lowest BCUT2D eigenvalue weighted by Gasteiger charge is -2.23. The lowest BCUT2D eigenvalue weighted by Crippen LogP contribution is -2.45. The standard InChI is InChI=1S/C27H34BrN3O10S/c1-4-12-30(13-5-2)42(38,39)19-8-6-17(7-9-19)26(36)40-16(3)22(33)23(34)24-20(32)14-21(41-24)31-15-18(10-11-28)25(35)29-27(31)37/h6-11,15-16,20-21,23-24,32,34H,4-5,12-14H2,1-3H3,(H,29,35,37)/b11-10+/t16?,20-,21+,23?,24-/m0/s1. The molecular formula is C27H34BrN3O10S. The highest BCUT2D eigenvalue weighted by Gasteiger charge is 2.44. The van der Waals surface area contributed by atoms with Crippen LogP contribution in [-0.2, 0) is 24.3 Å². The van der Waals surface area contributed by atoms with Gasteiger partial charge in [0.25, 0.3) is 5.56 Å². The molecule has 1 fully saturated rings. The number of nitrogens with zero attached hydrogens (tertiary/aromatic N) is 2. The van der Waals surface area contributed by atoms with Crippen LogP contribution in [0.2, 0.25) is 0 Å². The van der Waals surface area contributed by atoms with Crippen molar-refractivity contribution in [2.75, 3.05) is 13.1 Å². The van der Waals surface area contributed by atoms with Gasteiger partial charge in [-0.1, -0.05) is 29.8 Å². The quantitative estimate of drug-likeness (QED) is 0.264. The Bertz CT molecular complexity index is 1510. The van der Waals surface area contributed by atoms with Crippen LogP contribution in [0.3, 0.4) is 0 Å². The molecule has 1 aromatic carbocycles. The number of ether oxygens (including phenoxy) is 2. The van der Waals surface area contributed by atoms with E-state index in [9.17, 15) is 37.8 Å². The average molecular weight is 673 g/mol. The second kappa shape index (κ2) is 14.5. The fourth-order valence-corrected chi connectivity index (χ4v) is 6.39. The van der Waals surface area contributed by atoms with Gasteiger partial charge >= 0.3 is 11.7 Å². The van der Waals surface area contributed by atoms with Gasteiger partial charge < -0.3 is 19.7 Å². The lowest BCUT2D eigenvalue weighted by atomic mass is 10.0. The first-order valence-corrected chi connectivity index (χ1v) is 15.7. The Labute approximate surface area is 250 Å². The average Bonchev–Trinajstić information content (AvgIpc) is 3.34. The minimum atomic E-state index is -3.75. The topological polar surface area (TPSA) is 185 Å². The minimum Gasteiger partial charge on any atom is -0.451 e. The zero-order chi connectivity index (χ0) is 31.2. The summed E-state index contributed by atoms with van der Waals surface area (Å²) in [4.78, 5) is 53.4. The van der Waals surface area contributed by atoms with Crippen molar-refractivity contribution in [3.63, 3.8) is 0 Å². The van der Waals surface area contributed by atoms with E-state index >= 15 is 0 Å². The van der Waals surface area contributed by atoms with E-state index in [2.05, 4.69) is 20.9 Å². The van der Waals surface area contributed by atoms with Crippen molar-refractivity contribution in [2.45, 2.75) is 75.6 Å². The van der Waals surface area contributed by atoms with Crippen LogP contribution in [0.5, 0.6) is 0 Å². The number of Topliss-reactive ketones (excluding diaryl/α,β-unsaturated/α-hetero) is 1. The van der Waals surface area contributed by atoms with Gasteiger partial charge in [-0.05, 0) is 55.1 Å². The van der Waals surface area contributed by atoms with E-state index in [1.165, 1.54) is 52.8 Å². The van der Waals surface area contributed by atoms with Crippen molar-refractivity contribution < 1.29 is 37.7 Å². The molecule has 3 rings (SSSR count). The molecule has 230 valence electrons. The highest BCUT2D eigenvalue weighted by atomic mass is 79.9. The van der Waals surface area contributed by atoms with Gasteiger partial charge in [0.15, 0.2) is 6.10 Å². The fourth-order valence-electron chi connectivity index (χ4n) is 4.49. The molecule has 2 heterocycles. The molecular weight excluding hydrogens is 638 g/mol. The van der Waals surface area contributed by atoms with Crippen molar-refractivity contribution in [2.24, 2.45) is 0 Å². The predicted molar refractivity (Wildman–Crippen MR) is 155 cm³/mol. The number of hydrogen-bond donors (Lipinski definition) is 3. The number of aliphatic hydroxyl groups excluding tert-OH is 2. The molecule has 0 spiro atoms. The normalized spacial score (nSPS) is 20.6. The number of aromatic nitrogens is 2. The molecule has 2 aromatic rings. The maximum Gasteiger partial charge on any atom is 0.338 e. The Morgan fingerprint density at radius 2 is 1.83 bits per heavy atom. The van der Waals surface area contributed by atoms with E-state index in [0.717, 1.165) is 4.57 Å². The van der Waals surface area contributed by atoms with Crippen molar-refractivity contribution >= 4 is 43.8 Å². The number of esters is 1. The van der Waals surface area contributed by atoms with E-state index in [1.54, 1.807) is 0 Å². The number of nitrogens with one attached hydrogen (secondary N) is 1. The van der Waals surface area contributed by atoms with E-state index < -0.39 is 63.7 Å². The molecule has 0 bridgehead atoms. The van der Waals surface area contributed by atoms with Gasteiger partial charge in [-0.15, -0.1) is 0 Å². The summed E-state index contributed by atoms with van der Waals surface area (Å²) >= 11 is 3.05. The van der Waals surface area contributed by atoms with Crippen LogP contribution in [0.1, 0.15) is 62.2 Å². The van der Waals surface area contributed by atoms with Crippen LogP contribution in [0.25, 0.3) is 6.08 Å². The molecule has 1 aliphatic heterocycles. The number of sulfonamides is 1. The molecule has 0 radical (unpaired) electrons. The van der Waals surface area contributed by atoms with Gasteiger partial charge in [0.1, 0.15) is 18.4 Å². The third-order valence-corrected chi connectivity index (χ3v) is 8.82. The molecule has 0 amide bonds. The number of rotatable bonds is 13. The smallest absolute Gasteiger partial charge is 0.338 e. The highest BCUT2D eigenvalue weighted by Crippen LogP contribution is 2.30. The van der Waals surface area contributed by atoms with Crippen LogP contribution in [0.4, 0.5) is 0 Å². The summed E-state index contributed by atoms with van der Waals surface area (Å²) in [6.45, 7) is 5.71. The summed E-state index contributed by atoms with van der Waals surface area (Å²) in [5.74, 6) is -1.89. The van der Waals surface area contributed by atoms with E-state index in [0.29, 0.717) is 25.9 Å². The number of hydrogen-bond acceptors (Lipinski definition) is 10. The second-order valence-electron chi connectivity index (χ2n) is 9.73. The third kappa shape index (κ3) is 7.51. The zero-order valence-corrected chi connectivity index (χ0v) is 25.7. The van der Waals surface area contributed by atoms with Crippen LogP contribution >= 0.6 is 15.9 Å². The van der Waals surface area contributed by atoms with Crippen LogP contribution in [0.15, 0.2) is 49.9 Å². The van der Waals surface area contributed by atoms with Gasteiger partial charge in [0.05, 0.1) is 22.1 Å². The number of H-pyrrole nitrogens is 1. The molecule has 1 saturated heterocycles. The van der Waals surface area contributed by atoms with Crippen LogP contribution < -0.4 is 11.2 Å². The first-order valence-electron chi connectivity index (χ1n) is 13.3. The largest absolute Gasteiger partial charge is 0.451 e. The number of carbonyl (C=O) groups excluding carboxylic acids is 2. The summed E-state index contributed by atoms with van der Waals surface area (Å²) in [6.07, 6.45) is -3.54. The Kier molecular flexibility index (Phi) is 11.6. The first-order chi connectivity index (χ1) is 19.8.